The van der Waals surface area contributed by atoms with Gasteiger partial charge in [0.05, 0.1) is 11.5 Å². The molecule has 1 fully saturated rings. The number of carbonyl (C=O) groups is 1. The maximum Gasteiger partial charge on any atom is 0.252 e. The number of alkyl halides is 3. The fraction of sp³-hybridized carbons (Fsp3) is 0.588. The summed E-state index contributed by atoms with van der Waals surface area (Å²) in [6, 6.07) is 6.83. The summed E-state index contributed by atoms with van der Waals surface area (Å²) in [6.07, 6.45) is -0.601. The number of sulfone groups is 1. The van der Waals surface area contributed by atoms with Crippen LogP contribution < -0.4 is 10.6 Å². The summed E-state index contributed by atoms with van der Waals surface area (Å²) in [4.78, 5) is 12.5. The summed E-state index contributed by atoms with van der Waals surface area (Å²) in [6.45, 7) is 6.25. The van der Waals surface area contributed by atoms with Gasteiger partial charge in [-0.1, -0.05) is 67.7 Å². The third-order valence-electron chi connectivity index (χ3n) is 4.25. The van der Waals surface area contributed by atoms with Gasteiger partial charge in [0.15, 0.2) is 9.84 Å². The number of nitrogens with one attached hydrogen (secondary N) is 2. The number of hydrogen-bond donors (Lipinski definition) is 2. The van der Waals surface area contributed by atoms with Crippen LogP contribution in [0.15, 0.2) is 24.3 Å². The normalized spacial score (nSPS) is 21.4. The average molecular weight is 442 g/mol. The number of benzene rings is 1. The smallest absolute Gasteiger partial charge is 0.252 e. The van der Waals surface area contributed by atoms with E-state index in [-0.39, 0.29) is 23.0 Å². The second-order valence-corrected chi connectivity index (χ2v) is 12.1. The Bertz CT molecular complexity index is 753. The van der Waals surface area contributed by atoms with Crippen LogP contribution in [0, 0.1) is 0 Å². The van der Waals surface area contributed by atoms with E-state index >= 15 is 0 Å². The molecule has 2 N–H and O–H groups in total. The lowest BCUT2D eigenvalue weighted by molar-refractivity contribution is 0.0927. The third-order valence-corrected chi connectivity index (χ3v) is 6.67. The molecule has 2 atom stereocenters. The highest BCUT2D eigenvalue weighted by molar-refractivity contribution is 7.91. The molecule has 26 heavy (non-hydrogen) atoms. The van der Waals surface area contributed by atoms with Gasteiger partial charge in [-0.2, -0.15) is 0 Å². The molecule has 0 unspecified atom stereocenters. The zero-order valence-electron chi connectivity index (χ0n) is 14.9. The van der Waals surface area contributed by atoms with Crippen molar-refractivity contribution >= 4 is 50.5 Å². The van der Waals surface area contributed by atoms with Crippen molar-refractivity contribution in [3.05, 3.63) is 35.4 Å². The maximum absolute atomic E-state index is 12.5. The summed E-state index contributed by atoms with van der Waals surface area (Å²) in [5.74, 6) is -0.366. The van der Waals surface area contributed by atoms with E-state index < -0.39 is 25.7 Å². The summed E-state index contributed by atoms with van der Waals surface area (Å²) < 4.78 is 21.4. The van der Waals surface area contributed by atoms with Crippen LogP contribution >= 0.6 is 34.8 Å². The fourth-order valence-electron chi connectivity index (χ4n) is 2.72. The Labute approximate surface area is 169 Å². The molecule has 2 rings (SSSR count). The quantitative estimate of drug-likeness (QED) is 0.556. The molecule has 1 aromatic carbocycles. The zero-order valence-corrected chi connectivity index (χ0v) is 17.9. The Kier molecular flexibility index (Phi) is 6.56. The van der Waals surface area contributed by atoms with E-state index in [0.717, 1.165) is 5.56 Å². The molecule has 0 spiro atoms. The summed E-state index contributed by atoms with van der Waals surface area (Å²) in [5.41, 5.74) is 1.50. The van der Waals surface area contributed by atoms with Crippen molar-refractivity contribution in [2.45, 2.75) is 48.6 Å². The molecule has 1 aromatic rings. The van der Waals surface area contributed by atoms with E-state index in [1.165, 1.54) is 0 Å². The first-order valence-electron chi connectivity index (χ1n) is 8.22. The standard InChI is InChI=1S/C17H23Cl3N2O3S/c1-16(2,3)12-6-4-11(5-7-12)14(23)22-15(17(18,19)20)21-13-8-9-26(24,25)10-13/h4-7,13,15,21H,8-10H2,1-3H3,(H,22,23)/t13-,15+/m0/s1. The van der Waals surface area contributed by atoms with E-state index in [2.05, 4.69) is 31.4 Å². The first kappa shape index (κ1) is 21.8. The predicted molar refractivity (Wildman–Crippen MR) is 107 cm³/mol. The zero-order chi connectivity index (χ0) is 19.8. The van der Waals surface area contributed by atoms with Crippen LogP contribution in [0.2, 0.25) is 0 Å². The maximum atomic E-state index is 12.5. The monoisotopic (exact) mass is 440 g/mol. The van der Waals surface area contributed by atoms with Crippen molar-refractivity contribution in [2.24, 2.45) is 0 Å². The Morgan fingerprint density at radius 2 is 1.73 bits per heavy atom. The number of rotatable bonds is 4. The van der Waals surface area contributed by atoms with Crippen molar-refractivity contribution in [1.82, 2.24) is 10.6 Å². The number of carbonyl (C=O) groups excluding carboxylic acids is 1. The molecule has 1 amide bonds. The van der Waals surface area contributed by atoms with Crippen LogP contribution in [0.25, 0.3) is 0 Å². The molecule has 0 aromatic heterocycles. The molecule has 1 saturated heterocycles. The van der Waals surface area contributed by atoms with Gasteiger partial charge in [-0.15, -0.1) is 0 Å². The molecular weight excluding hydrogens is 419 g/mol. The Morgan fingerprint density at radius 1 is 1.15 bits per heavy atom. The molecule has 9 heteroatoms. The minimum absolute atomic E-state index is 0.0232. The highest BCUT2D eigenvalue weighted by Gasteiger charge is 2.38. The minimum atomic E-state index is -3.09. The highest BCUT2D eigenvalue weighted by atomic mass is 35.6. The molecule has 0 bridgehead atoms. The van der Waals surface area contributed by atoms with Crippen molar-refractivity contribution in [2.75, 3.05) is 11.5 Å². The molecular formula is C17H23Cl3N2O3S. The van der Waals surface area contributed by atoms with E-state index in [1.807, 2.05) is 12.1 Å². The van der Waals surface area contributed by atoms with Crippen molar-refractivity contribution in [3.8, 4) is 0 Å². The first-order valence-corrected chi connectivity index (χ1v) is 11.2. The highest BCUT2D eigenvalue weighted by Crippen LogP contribution is 2.30. The van der Waals surface area contributed by atoms with Crippen LogP contribution in [0.1, 0.15) is 43.1 Å². The Morgan fingerprint density at radius 3 is 2.15 bits per heavy atom. The van der Waals surface area contributed by atoms with Gasteiger partial charge in [0, 0.05) is 11.6 Å². The second-order valence-electron chi connectivity index (χ2n) is 7.54. The second kappa shape index (κ2) is 7.84. The van der Waals surface area contributed by atoms with Gasteiger partial charge in [0.25, 0.3) is 5.91 Å². The van der Waals surface area contributed by atoms with Gasteiger partial charge in [-0.25, -0.2) is 8.42 Å². The molecule has 0 aliphatic carbocycles. The van der Waals surface area contributed by atoms with Gasteiger partial charge < -0.3 is 5.32 Å². The largest absolute Gasteiger partial charge is 0.333 e. The molecule has 0 radical (unpaired) electrons. The van der Waals surface area contributed by atoms with E-state index in [4.69, 9.17) is 34.8 Å². The summed E-state index contributed by atoms with van der Waals surface area (Å²) in [7, 11) is -3.09. The fourth-order valence-corrected chi connectivity index (χ4v) is 4.76. The van der Waals surface area contributed by atoms with Crippen LogP contribution in [-0.4, -0.2) is 41.8 Å². The topological polar surface area (TPSA) is 75.3 Å². The lowest BCUT2D eigenvalue weighted by atomic mass is 9.87. The summed E-state index contributed by atoms with van der Waals surface area (Å²) >= 11 is 17.9. The van der Waals surface area contributed by atoms with Crippen molar-refractivity contribution in [1.29, 1.82) is 0 Å². The molecule has 1 heterocycles. The third kappa shape index (κ3) is 5.99. The van der Waals surface area contributed by atoms with Gasteiger partial charge in [-0.3, -0.25) is 10.1 Å². The van der Waals surface area contributed by atoms with E-state index in [0.29, 0.717) is 12.0 Å². The molecule has 1 aliphatic heterocycles. The number of halogens is 3. The predicted octanol–water partition coefficient (Wildman–Crippen LogP) is 3.19. The van der Waals surface area contributed by atoms with E-state index in [9.17, 15) is 13.2 Å². The van der Waals surface area contributed by atoms with Crippen LogP contribution in [-0.2, 0) is 15.3 Å². The Balaban J connectivity index is 2.09. The number of hydrogen-bond acceptors (Lipinski definition) is 4. The Hall–Kier alpha value is -0.530. The van der Waals surface area contributed by atoms with Crippen LogP contribution in [0.3, 0.4) is 0 Å². The first-order chi connectivity index (χ1) is 11.8. The average Bonchev–Trinajstić information content (AvgIpc) is 2.84. The minimum Gasteiger partial charge on any atom is -0.333 e. The van der Waals surface area contributed by atoms with Gasteiger partial charge in [-0.05, 0) is 29.5 Å². The van der Waals surface area contributed by atoms with Gasteiger partial charge in [0.2, 0.25) is 3.79 Å². The van der Waals surface area contributed by atoms with Crippen molar-refractivity contribution < 1.29 is 13.2 Å². The van der Waals surface area contributed by atoms with Gasteiger partial charge in [0.1, 0.15) is 6.17 Å². The summed E-state index contributed by atoms with van der Waals surface area (Å²) in [5, 5.41) is 5.59. The molecule has 5 nitrogen and oxygen atoms in total. The van der Waals surface area contributed by atoms with Gasteiger partial charge >= 0.3 is 0 Å². The van der Waals surface area contributed by atoms with E-state index in [1.54, 1.807) is 12.1 Å². The molecule has 1 aliphatic rings. The number of amides is 1. The lowest BCUT2D eigenvalue weighted by Crippen LogP contribution is -2.56. The molecule has 0 saturated carbocycles. The molecule has 146 valence electrons. The SMILES string of the molecule is CC(C)(C)c1ccc(C(=O)N[C@@H](N[C@H]2CCS(=O)(=O)C2)C(Cl)(Cl)Cl)cc1. The van der Waals surface area contributed by atoms with Crippen LogP contribution in [0.4, 0.5) is 0 Å². The lowest BCUT2D eigenvalue weighted by Gasteiger charge is -2.29. The van der Waals surface area contributed by atoms with Crippen molar-refractivity contribution in [3.63, 3.8) is 0 Å². The van der Waals surface area contributed by atoms with Crippen LogP contribution in [0.5, 0.6) is 0 Å².